The van der Waals surface area contributed by atoms with Gasteiger partial charge in [-0.15, -0.1) is 0 Å². The average molecular weight is 187 g/mol. The molecule has 1 N–H and O–H groups in total. The molecule has 0 saturated carbocycles. The van der Waals surface area contributed by atoms with Crippen molar-refractivity contribution in [1.29, 1.82) is 0 Å². The van der Waals surface area contributed by atoms with Crippen molar-refractivity contribution in [2.24, 2.45) is 0 Å². The molecular formula is C10H15F2N. The first-order chi connectivity index (χ1) is 6.15. The molecule has 13 heavy (non-hydrogen) atoms. The van der Waals surface area contributed by atoms with Crippen LogP contribution < -0.4 is 5.32 Å². The number of halogens is 2. The molecule has 0 aliphatic carbocycles. The fourth-order valence-corrected chi connectivity index (χ4v) is 0.852. The number of nitrogens with one attached hydrogen (secondary N) is 1. The van der Waals surface area contributed by atoms with E-state index in [9.17, 15) is 8.78 Å². The zero-order valence-corrected chi connectivity index (χ0v) is 8.20. The highest BCUT2D eigenvalue weighted by molar-refractivity contribution is 5.31. The highest BCUT2D eigenvalue weighted by Gasteiger charge is 1.95. The summed E-state index contributed by atoms with van der Waals surface area (Å²) in [5.74, 6) is 0. The first-order valence-corrected chi connectivity index (χ1v) is 4.04. The number of alkyl halides is 1. The van der Waals surface area contributed by atoms with Crippen LogP contribution >= 0.6 is 0 Å². The van der Waals surface area contributed by atoms with Crippen molar-refractivity contribution in [1.82, 2.24) is 5.32 Å². The van der Waals surface area contributed by atoms with Gasteiger partial charge < -0.3 is 5.32 Å². The normalized spacial score (nSPS) is 14.7. The Labute approximate surface area is 77.8 Å². The first kappa shape index (κ1) is 11.9. The van der Waals surface area contributed by atoms with Crippen LogP contribution in [0, 0.1) is 0 Å². The van der Waals surface area contributed by atoms with Crippen molar-refractivity contribution in [3.63, 3.8) is 0 Å². The standard InChI is InChI=1S/C10H15F2N/c1-8(7-12)6-10(13-3)9(2)4-5-11/h4-6,13H,7H2,1-3H3/b5-4+,8-6+,10-9+. The van der Waals surface area contributed by atoms with Crippen LogP contribution in [-0.4, -0.2) is 13.7 Å². The Hall–Kier alpha value is -1.12. The molecule has 0 aliphatic rings. The first-order valence-electron chi connectivity index (χ1n) is 4.04. The van der Waals surface area contributed by atoms with Crippen molar-refractivity contribution >= 4 is 0 Å². The third-order valence-corrected chi connectivity index (χ3v) is 1.61. The largest absolute Gasteiger partial charge is 0.388 e. The van der Waals surface area contributed by atoms with Crippen molar-refractivity contribution in [3.8, 4) is 0 Å². The van der Waals surface area contributed by atoms with Crippen molar-refractivity contribution in [2.75, 3.05) is 13.7 Å². The Morgan fingerprint density at radius 1 is 1.38 bits per heavy atom. The van der Waals surface area contributed by atoms with Gasteiger partial charge in [0.05, 0.1) is 6.33 Å². The van der Waals surface area contributed by atoms with Gasteiger partial charge in [0, 0.05) is 12.7 Å². The zero-order valence-electron chi connectivity index (χ0n) is 8.20. The van der Waals surface area contributed by atoms with Crippen molar-refractivity contribution in [2.45, 2.75) is 13.8 Å². The third-order valence-electron chi connectivity index (χ3n) is 1.61. The van der Waals surface area contributed by atoms with Gasteiger partial charge in [-0.2, -0.15) is 0 Å². The fourth-order valence-electron chi connectivity index (χ4n) is 0.852. The van der Waals surface area contributed by atoms with E-state index in [4.69, 9.17) is 0 Å². The van der Waals surface area contributed by atoms with Gasteiger partial charge in [0.2, 0.25) is 0 Å². The molecule has 0 aromatic heterocycles. The van der Waals surface area contributed by atoms with Gasteiger partial charge in [-0.3, -0.25) is 0 Å². The molecular weight excluding hydrogens is 172 g/mol. The molecule has 0 spiro atoms. The number of rotatable bonds is 4. The molecule has 0 fully saturated rings. The molecule has 0 saturated heterocycles. The summed E-state index contributed by atoms with van der Waals surface area (Å²) in [7, 11) is 1.72. The molecule has 0 rings (SSSR count). The summed E-state index contributed by atoms with van der Waals surface area (Å²) in [6.07, 6.45) is 3.45. The van der Waals surface area contributed by atoms with Gasteiger partial charge in [-0.25, -0.2) is 8.78 Å². The quantitative estimate of drug-likeness (QED) is 0.667. The second-order valence-electron chi connectivity index (χ2n) is 2.76. The summed E-state index contributed by atoms with van der Waals surface area (Å²) in [4.78, 5) is 0. The minimum Gasteiger partial charge on any atom is -0.388 e. The lowest BCUT2D eigenvalue weighted by Crippen LogP contribution is -2.06. The van der Waals surface area contributed by atoms with Crippen LogP contribution in [0.25, 0.3) is 0 Å². The predicted octanol–water partition coefficient (Wildman–Crippen LogP) is 2.88. The lowest BCUT2D eigenvalue weighted by molar-refractivity contribution is 0.542. The Balaban J connectivity index is 4.78. The SMILES string of the molecule is CNC(/C=C(\C)CF)=C(C)/C=C/F. The maximum Gasteiger partial charge on any atom is 0.111 e. The number of allylic oxidation sites excluding steroid dienone is 4. The van der Waals surface area contributed by atoms with E-state index in [1.165, 1.54) is 6.08 Å². The molecule has 0 bridgehead atoms. The number of hydrogen-bond acceptors (Lipinski definition) is 1. The highest BCUT2D eigenvalue weighted by Crippen LogP contribution is 2.07. The molecule has 1 nitrogen and oxygen atoms in total. The van der Waals surface area contributed by atoms with Gasteiger partial charge in [0.25, 0.3) is 0 Å². The second kappa shape index (κ2) is 6.40. The molecule has 0 aromatic rings. The minimum atomic E-state index is -0.488. The lowest BCUT2D eigenvalue weighted by atomic mass is 10.2. The van der Waals surface area contributed by atoms with Gasteiger partial charge in [-0.1, -0.05) is 0 Å². The summed E-state index contributed by atoms with van der Waals surface area (Å²) in [5.41, 5.74) is 2.07. The maximum absolute atomic E-state index is 12.1. The van der Waals surface area contributed by atoms with Gasteiger partial charge in [-0.05, 0) is 37.1 Å². The molecule has 0 heterocycles. The highest BCUT2D eigenvalue weighted by atomic mass is 19.1. The van der Waals surface area contributed by atoms with Crippen LogP contribution in [0.4, 0.5) is 8.78 Å². The minimum absolute atomic E-state index is 0.464. The number of likely N-dealkylation sites (N-methyl/N-ethyl adjacent to an activating group) is 1. The van der Waals surface area contributed by atoms with Crippen molar-refractivity contribution < 1.29 is 8.78 Å². The Morgan fingerprint density at radius 2 is 2.00 bits per heavy atom. The molecule has 0 atom stereocenters. The summed E-state index contributed by atoms with van der Waals surface area (Å²) < 4.78 is 23.9. The molecule has 0 radical (unpaired) electrons. The Kier molecular flexibility index (Phi) is 5.85. The van der Waals surface area contributed by atoms with Crippen LogP contribution in [0.2, 0.25) is 0 Å². The van der Waals surface area contributed by atoms with E-state index in [2.05, 4.69) is 5.32 Å². The van der Waals surface area contributed by atoms with Gasteiger partial charge in [0.15, 0.2) is 0 Å². The Bertz CT molecular complexity index is 239. The molecule has 0 amide bonds. The zero-order chi connectivity index (χ0) is 10.3. The van der Waals surface area contributed by atoms with Crippen LogP contribution in [0.1, 0.15) is 13.8 Å². The van der Waals surface area contributed by atoms with E-state index >= 15 is 0 Å². The monoisotopic (exact) mass is 187 g/mol. The van der Waals surface area contributed by atoms with E-state index in [1.807, 2.05) is 0 Å². The summed E-state index contributed by atoms with van der Waals surface area (Å²) in [6.45, 7) is 2.95. The van der Waals surface area contributed by atoms with Crippen LogP contribution in [-0.2, 0) is 0 Å². The summed E-state index contributed by atoms with van der Waals surface area (Å²) >= 11 is 0. The summed E-state index contributed by atoms with van der Waals surface area (Å²) in [6, 6.07) is 0. The van der Waals surface area contributed by atoms with E-state index in [0.717, 1.165) is 11.3 Å². The molecule has 74 valence electrons. The Morgan fingerprint density at radius 3 is 2.38 bits per heavy atom. The number of hydrogen-bond donors (Lipinski definition) is 1. The van der Waals surface area contributed by atoms with Crippen LogP contribution in [0.5, 0.6) is 0 Å². The van der Waals surface area contributed by atoms with Gasteiger partial charge in [0.1, 0.15) is 6.67 Å². The average Bonchev–Trinajstić information content (AvgIpc) is 2.14. The van der Waals surface area contributed by atoms with E-state index in [1.54, 1.807) is 27.0 Å². The van der Waals surface area contributed by atoms with Crippen molar-refractivity contribution in [3.05, 3.63) is 35.3 Å². The topological polar surface area (TPSA) is 12.0 Å². The van der Waals surface area contributed by atoms with E-state index < -0.39 is 6.67 Å². The lowest BCUT2D eigenvalue weighted by Gasteiger charge is -2.04. The smallest absolute Gasteiger partial charge is 0.111 e. The fraction of sp³-hybridized carbons (Fsp3) is 0.400. The molecule has 0 aromatic carbocycles. The van der Waals surface area contributed by atoms with E-state index in [0.29, 0.717) is 11.9 Å². The predicted molar refractivity (Wildman–Crippen MR) is 51.7 cm³/mol. The van der Waals surface area contributed by atoms with Gasteiger partial charge >= 0.3 is 0 Å². The maximum atomic E-state index is 12.1. The van der Waals surface area contributed by atoms with E-state index in [-0.39, 0.29) is 0 Å². The van der Waals surface area contributed by atoms with Crippen LogP contribution in [0.3, 0.4) is 0 Å². The van der Waals surface area contributed by atoms with Crippen LogP contribution in [0.15, 0.2) is 35.3 Å². The second-order valence-corrected chi connectivity index (χ2v) is 2.76. The molecule has 0 aliphatic heterocycles. The molecule has 0 unspecified atom stereocenters. The summed E-state index contributed by atoms with van der Waals surface area (Å²) in [5, 5.41) is 2.87. The third kappa shape index (κ3) is 4.45. The molecule has 3 heteroatoms.